The number of allylic oxidation sites excluding steroid dienone is 2. The second-order valence-electron chi connectivity index (χ2n) is 9.32. The minimum Gasteiger partial charge on any atom is -0.336 e. The minimum absolute atomic E-state index is 0.0198. The first-order chi connectivity index (χ1) is 14.8. The van der Waals surface area contributed by atoms with E-state index in [4.69, 9.17) is 0 Å². The molecule has 0 radical (unpaired) electrons. The number of piperazine rings is 1. The molecule has 5 rings (SSSR count). The van der Waals surface area contributed by atoms with Gasteiger partial charge in [0.25, 0.3) is 5.91 Å². The number of benzene rings is 2. The van der Waals surface area contributed by atoms with Crippen LogP contribution in [0.25, 0.3) is 5.57 Å². The molecule has 1 amide bonds. The summed E-state index contributed by atoms with van der Waals surface area (Å²) in [6.45, 7) is 7.46. The monoisotopic (exact) mass is 411 g/mol. The van der Waals surface area contributed by atoms with Gasteiger partial charge in [-0.05, 0) is 66.1 Å². The van der Waals surface area contributed by atoms with E-state index in [1.54, 1.807) is 12.1 Å². The van der Waals surface area contributed by atoms with Gasteiger partial charge in [0.1, 0.15) is 0 Å². The van der Waals surface area contributed by atoms with Crippen molar-refractivity contribution in [2.75, 3.05) is 33.2 Å². The van der Waals surface area contributed by atoms with Crippen molar-refractivity contribution >= 4 is 17.3 Å². The Morgan fingerprint density at radius 1 is 1.03 bits per heavy atom. The van der Waals surface area contributed by atoms with Crippen molar-refractivity contribution < 1.29 is 9.59 Å². The summed E-state index contributed by atoms with van der Waals surface area (Å²) < 4.78 is 0. The highest BCUT2D eigenvalue weighted by Crippen LogP contribution is 2.50. The maximum Gasteiger partial charge on any atom is 0.253 e. The Kier molecular flexibility index (Phi) is 4.39. The fraction of sp³-hybridized carbons (Fsp3) is 0.346. The molecule has 3 aliphatic rings. The molecule has 2 aromatic rings. The fourth-order valence-corrected chi connectivity index (χ4v) is 5.17. The SMILES string of the molecule is CN1CCN(C(=O)c2ccc3c(c2)C(C)(C)C2=C(C3=O)c3ccc(C#N)cc3C2)CC1. The fourth-order valence-electron chi connectivity index (χ4n) is 5.17. The Bertz CT molecular complexity index is 1210. The summed E-state index contributed by atoms with van der Waals surface area (Å²) in [4.78, 5) is 30.8. The molecule has 2 aliphatic carbocycles. The van der Waals surface area contributed by atoms with E-state index in [2.05, 4.69) is 31.9 Å². The Labute approximate surface area is 182 Å². The van der Waals surface area contributed by atoms with Gasteiger partial charge in [-0.3, -0.25) is 9.59 Å². The molecule has 0 bridgehead atoms. The van der Waals surface area contributed by atoms with Crippen LogP contribution in [-0.4, -0.2) is 54.7 Å². The Morgan fingerprint density at radius 3 is 2.45 bits per heavy atom. The number of hydrogen-bond donors (Lipinski definition) is 0. The summed E-state index contributed by atoms with van der Waals surface area (Å²) in [5.74, 6) is 0.0543. The molecule has 5 nitrogen and oxygen atoms in total. The standard InChI is InChI=1S/C26H25N3O2/c1-26(2)21-13-17(25(31)29-10-8-28(3)9-11-29)5-7-20(21)24(30)23-19-6-4-16(15-27)12-18(19)14-22(23)26/h4-7,12-13H,8-11,14H2,1-3H3. The topological polar surface area (TPSA) is 64.4 Å². The number of carbonyl (C=O) groups excluding carboxylic acids is 2. The number of rotatable bonds is 1. The molecule has 5 heteroatoms. The van der Waals surface area contributed by atoms with Crippen LogP contribution in [0.4, 0.5) is 0 Å². The third-order valence-corrected chi connectivity index (χ3v) is 7.13. The van der Waals surface area contributed by atoms with Crippen LogP contribution < -0.4 is 0 Å². The molecule has 1 heterocycles. The molecule has 0 unspecified atom stereocenters. The van der Waals surface area contributed by atoms with E-state index in [1.165, 1.54) is 0 Å². The molecule has 1 saturated heterocycles. The van der Waals surface area contributed by atoms with E-state index < -0.39 is 0 Å². The summed E-state index contributed by atoms with van der Waals surface area (Å²) in [5.41, 5.74) is 6.32. The lowest BCUT2D eigenvalue weighted by Crippen LogP contribution is -2.47. The molecular formula is C26H25N3O2. The van der Waals surface area contributed by atoms with E-state index in [9.17, 15) is 14.9 Å². The predicted octanol–water partition coefficient (Wildman–Crippen LogP) is 3.43. The largest absolute Gasteiger partial charge is 0.336 e. The average molecular weight is 412 g/mol. The normalized spacial score (nSPS) is 19.5. The lowest BCUT2D eigenvalue weighted by Gasteiger charge is -2.35. The van der Waals surface area contributed by atoms with Crippen molar-refractivity contribution in [3.8, 4) is 6.07 Å². The first kappa shape index (κ1) is 19.7. The summed E-state index contributed by atoms with van der Waals surface area (Å²) in [7, 11) is 2.07. The number of amides is 1. The summed E-state index contributed by atoms with van der Waals surface area (Å²) >= 11 is 0. The van der Waals surface area contributed by atoms with Gasteiger partial charge in [-0.15, -0.1) is 0 Å². The van der Waals surface area contributed by atoms with Gasteiger partial charge in [-0.25, -0.2) is 0 Å². The van der Waals surface area contributed by atoms with Crippen LogP contribution in [0.15, 0.2) is 42.0 Å². The van der Waals surface area contributed by atoms with Crippen LogP contribution in [0, 0.1) is 11.3 Å². The van der Waals surface area contributed by atoms with E-state index in [0.717, 1.165) is 54.0 Å². The lowest BCUT2D eigenvalue weighted by atomic mass is 9.68. The second kappa shape index (κ2) is 6.90. The number of likely N-dealkylation sites (N-methyl/N-ethyl adjacent to an activating group) is 1. The number of hydrogen-bond acceptors (Lipinski definition) is 4. The molecule has 0 saturated carbocycles. The number of Topliss-reactive ketones (excluding diaryl/α,β-unsaturated/α-hetero) is 1. The van der Waals surface area contributed by atoms with E-state index >= 15 is 0 Å². The number of nitriles is 1. The van der Waals surface area contributed by atoms with Crippen LogP contribution in [0.3, 0.4) is 0 Å². The van der Waals surface area contributed by atoms with Gasteiger partial charge in [-0.1, -0.05) is 19.9 Å². The van der Waals surface area contributed by atoms with Crippen molar-refractivity contribution in [2.24, 2.45) is 0 Å². The zero-order chi connectivity index (χ0) is 21.9. The molecule has 1 aliphatic heterocycles. The van der Waals surface area contributed by atoms with Crippen molar-refractivity contribution in [3.05, 3.63) is 75.4 Å². The average Bonchev–Trinajstić information content (AvgIpc) is 3.17. The summed E-state index contributed by atoms with van der Waals surface area (Å²) in [6.07, 6.45) is 0.662. The number of ketones is 1. The molecule has 1 fully saturated rings. The summed E-state index contributed by atoms with van der Waals surface area (Å²) in [6, 6.07) is 13.3. The van der Waals surface area contributed by atoms with Crippen LogP contribution >= 0.6 is 0 Å². The third kappa shape index (κ3) is 2.94. The first-order valence-electron chi connectivity index (χ1n) is 10.8. The highest BCUT2D eigenvalue weighted by atomic mass is 16.2. The van der Waals surface area contributed by atoms with Crippen molar-refractivity contribution in [3.63, 3.8) is 0 Å². The van der Waals surface area contributed by atoms with E-state index in [1.807, 2.05) is 29.2 Å². The maximum absolute atomic E-state index is 13.5. The molecule has 0 N–H and O–H groups in total. The lowest BCUT2D eigenvalue weighted by molar-refractivity contribution is 0.0663. The Morgan fingerprint density at radius 2 is 1.74 bits per heavy atom. The molecule has 156 valence electrons. The van der Waals surface area contributed by atoms with Gasteiger partial charge < -0.3 is 9.80 Å². The van der Waals surface area contributed by atoms with Crippen molar-refractivity contribution in [2.45, 2.75) is 25.7 Å². The minimum atomic E-state index is -0.372. The van der Waals surface area contributed by atoms with Gasteiger partial charge in [0.15, 0.2) is 5.78 Å². The highest BCUT2D eigenvalue weighted by Gasteiger charge is 2.43. The van der Waals surface area contributed by atoms with Crippen molar-refractivity contribution in [1.29, 1.82) is 5.26 Å². The highest BCUT2D eigenvalue weighted by molar-refractivity contribution is 6.33. The number of nitrogens with zero attached hydrogens (tertiary/aromatic N) is 3. The Balaban J connectivity index is 1.54. The zero-order valence-electron chi connectivity index (χ0n) is 18.2. The third-order valence-electron chi connectivity index (χ3n) is 7.13. The summed E-state index contributed by atoms with van der Waals surface area (Å²) in [5, 5.41) is 9.26. The number of fused-ring (bicyclic) bond motifs is 3. The van der Waals surface area contributed by atoms with Gasteiger partial charge in [-0.2, -0.15) is 5.26 Å². The van der Waals surface area contributed by atoms with Gasteiger partial charge in [0.2, 0.25) is 0 Å². The van der Waals surface area contributed by atoms with Crippen molar-refractivity contribution in [1.82, 2.24) is 9.80 Å². The Hall–Kier alpha value is -3.23. The molecule has 0 atom stereocenters. The van der Waals surface area contributed by atoms with Crippen LogP contribution in [0.5, 0.6) is 0 Å². The second-order valence-corrected chi connectivity index (χ2v) is 9.32. The van der Waals surface area contributed by atoms with Gasteiger partial charge in [0.05, 0.1) is 11.6 Å². The molecule has 2 aromatic carbocycles. The van der Waals surface area contributed by atoms with Crippen LogP contribution in [-0.2, 0) is 11.8 Å². The smallest absolute Gasteiger partial charge is 0.253 e. The van der Waals surface area contributed by atoms with Gasteiger partial charge in [0, 0.05) is 48.3 Å². The van der Waals surface area contributed by atoms with Gasteiger partial charge >= 0.3 is 0 Å². The maximum atomic E-state index is 13.5. The van der Waals surface area contributed by atoms with E-state index in [-0.39, 0.29) is 17.1 Å². The van der Waals surface area contributed by atoms with Crippen LogP contribution in [0.1, 0.15) is 56.8 Å². The molecule has 31 heavy (non-hydrogen) atoms. The molecule has 0 aromatic heterocycles. The predicted molar refractivity (Wildman–Crippen MR) is 119 cm³/mol. The first-order valence-corrected chi connectivity index (χ1v) is 10.8. The van der Waals surface area contributed by atoms with Crippen LogP contribution in [0.2, 0.25) is 0 Å². The quantitative estimate of drug-likeness (QED) is 0.721. The molecule has 0 spiro atoms. The number of carbonyl (C=O) groups is 2. The van der Waals surface area contributed by atoms with E-state index in [0.29, 0.717) is 23.1 Å². The zero-order valence-corrected chi connectivity index (χ0v) is 18.2. The molecular weight excluding hydrogens is 386 g/mol.